The van der Waals surface area contributed by atoms with Crippen molar-refractivity contribution in [2.45, 2.75) is 50.6 Å². The number of rotatable bonds is 5. The number of fused-ring (bicyclic) bond motifs is 1. The third kappa shape index (κ3) is 4.23. The van der Waals surface area contributed by atoms with E-state index < -0.39 is 6.43 Å². The Morgan fingerprint density at radius 2 is 2.00 bits per heavy atom. The first kappa shape index (κ1) is 23.3. The van der Waals surface area contributed by atoms with Crippen LogP contribution in [0.4, 0.5) is 14.5 Å². The number of nitrogens with one attached hydrogen (secondary N) is 1. The standard InChI is InChI=1S/C21H24BF2N5S.H3NS/c1-4-21(5-6-21)14-7-15(28-9-12(2)25-13(3)10-28)16-8-22-17(29(16)11-14)19-26-27-20(30-19)18(23)24;1-2/h4,7-8,11-13,18,25H,1,5-6,9-10H2,2-3H3;2H,1H2/t12-,13?;/m0./s1. The van der Waals surface area contributed by atoms with Crippen molar-refractivity contribution in [2.24, 2.45) is 5.14 Å². The van der Waals surface area contributed by atoms with Gasteiger partial charge in [0, 0.05) is 0 Å². The summed E-state index contributed by atoms with van der Waals surface area (Å²) in [6, 6.07) is 3.07. The molecule has 1 aliphatic carbocycles. The summed E-state index contributed by atoms with van der Waals surface area (Å²) >= 11 is 3.98. The SMILES string of the molecule is C=CC1(c2cc(N3CC(C)N[C@@H](C)C3)c3cbc(-c4nnc(C(F)F)s4)n3c2)CC1.NS. The van der Waals surface area contributed by atoms with Crippen LogP contribution in [0, 0.1) is 0 Å². The van der Waals surface area contributed by atoms with Crippen molar-refractivity contribution in [3.05, 3.63) is 41.5 Å². The quantitative estimate of drug-likeness (QED) is 0.385. The number of nitrogens with two attached hydrogens (primary N) is 1. The van der Waals surface area contributed by atoms with E-state index in [1.807, 2.05) is 13.0 Å². The van der Waals surface area contributed by atoms with Crippen LogP contribution >= 0.6 is 24.2 Å². The molecule has 0 aromatic carbocycles. The number of piperazine rings is 1. The monoisotopic (exact) mass is 476 g/mol. The van der Waals surface area contributed by atoms with Crippen molar-refractivity contribution in [3.63, 3.8) is 0 Å². The van der Waals surface area contributed by atoms with Gasteiger partial charge in [-0.2, -0.15) is 0 Å². The number of nitrogens with zero attached hydrogens (tertiary/aromatic N) is 4. The van der Waals surface area contributed by atoms with Crippen LogP contribution in [0.5, 0.6) is 0 Å². The molecule has 3 aromatic rings. The molecule has 3 aromatic heterocycles. The van der Waals surface area contributed by atoms with Crippen molar-refractivity contribution >= 4 is 42.3 Å². The summed E-state index contributed by atoms with van der Waals surface area (Å²) in [5, 5.41) is 15.8. The van der Waals surface area contributed by atoms with Crippen LogP contribution in [0.1, 0.15) is 43.7 Å². The zero-order valence-electron chi connectivity index (χ0n) is 18.1. The Bertz CT molecular complexity index is 1100. The van der Waals surface area contributed by atoms with Crippen LogP contribution in [0.2, 0.25) is 0 Å². The van der Waals surface area contributed by atoms with Gasteiger partial charge in [0.1, 0.15) is 0 Å². The fraction of sp³-hybridized carbons (Fsp3) is 0.476. The molecule has 170 valence electrons. The average molecular weight is 476 g/mol. The van der Waals surface area contributed by atoms with E-state index in [4.69, 9.17) is 0 Å². The summed E-state index contributed by atoms with van der Waals surface area (Å²) in [6.07, 6.45) is 3.74. The number of alkyl halides is 2. The summed E-state index contributed by atoms with van der Waals surface area (Å²) < 4.78 is 28.2. The molecule has 0 spiro atoms. The Kier molecular flexibility index (Phi) is 6.72. The Morgan fingerprint density at radius 3 is 2.56 bits per heavy atom. The normalized spacial score (nSPS) is 21.9. The summed E-state index contributed by atoms with van der Waals surface area (Å²) in [5.74, 6) is 2.06. The number of hydrogen-bond donors (Lipinski definition) is 3. The van der Waals surface area contributed by atoms with Crippen molar-refractivity contribution in [1.29, 1.82) is 0 Å². The van der Waals surface area contributed by atoms with Gasteiger partial charge >= 0.3 is 179 Å². The molecule has 4 heterocycles. The molecule has 2 fully saturated rings. The van der Waals surface area contributed by atoms with E-state index in [2.05, 4.69) is 81.4 Å². The number of anilines is 1. The molecular formula is C21H27BF2N6S2. The average Bonchev–Trinajstić information content (AvgIpc) is 3.21. The van der Waals surface area contributed by atoms with Crippen LogP contribution in [0.3, 0.4) is 0 Å². The third-order valence-corrected chi connectivity index (χ3v) is 7.19. The van der Waals surface area contributed by atoms with E-state index in [0.29, 0.717) is 17.1 Å². The third-order valence-electron chi connectivity index (χ3n) is 6.24. The van der Waals surface area contributed by atoms with Crippen molar-refractivity contribution < 1.29 is 8.78 Å². The van der Waals surface area contributed by atoms with Gasteiger partial charge < -0.3 is 0 Å². The fourth-order valence-electron chi connectivity index (χ4n) is 4.59. The molecule has 2 aliphatic rings. The number of aromatic nitrogens is 3. The molecule has 5 rings (SSSR count). The van der Waals surface area contributed by atoms with Crippen LogP contribution in [-0.4, -0.2) is 46.7 Å². The molecule has 11 heteroatoms. The van der Waals surface area contributed by atoms with Crippen LogP contribution in [0.15, 0.2) is 30.9 Å². The summed E-state index contributed by atoms with van der Waals surface area (Å²) in [4.78, 5) is 2.43. The maximum absolute atomic E-state index is 13.1. The number of hydrogen-bond acceptors (Lipinski definition) is 7. The van der Waals surface area contributed by atoms with E-state index >= 15 is 0 Å². The molecule has 1 aliphatic heterocycles. The van der Waals surface area contributed by atoms with Gasteiger partial charge in [0.25, 0.3) is 0 Å². The smallest absolute Gasteiger partial charge is 0.103 e. The first-order chi connectivity index (χ1) is 15.4. The van der Waals surface area contributed by atoms with Gasteiger partial charge in [-0.1, -0.05) is 0 Å². The topological polar surface area (TPSA) is 71.5 Å². The van der Waals surface area contributed by atoms with E-state index in [9.17, 15) is 8.78 Å². The second-order valence-electron chi connectivity index (χ2n) is 8.57. The maximum Gasteiger partial charge on any atom is -0.103 e. The van der Waals surface area contributed by atoms with Gasteiger partial charge in [0.05, 0.1) is 0 Å². The number of allylic oxidation sites excluding steroid dienone is 1. The number of halogens is 2. The summed E-state index contributed by atoms with van der Waals surface area (Å²) in [7, 11) is 0. The van der Waals surface area contributed by atoms with Crippen LogP contribution in [0.25, 0.3) is 16.1 Å². The van der Waals surface area contributed by atoms with E-state index in [-0.39, 0.29) is 10.4 Å². The molecular weight excluding hydrogens is 449 g/mol. The second-order valence-corrected chi connectivity index (χ2v) is 9.58. The molecule has 0 bridgehead atoms. The van der Waals surface area contributed by atoms with Crippen LogP contribution in [-0.2, 0) is 5.41 Å². The fourth-order valence-corrected chi connectivity index (χ4v) is 5.31. The minimum atomic E-state index is -2.60. The molecule has 1 saturated heterocycles. The Hall–Kier alpha value is -1.82. The second kappa shape index (κ2) is 9.21. The van der Waals surface area contributed by atoms with Gasteiger partial charge in [-0.15, -0.1) is 12.8 Å². The molecule has 3 N–H and O–H groups in total. The molecule has 6 nitrogen and oxygen atoms in total. The molecule has 1 saturated carbocycles. The van der Waals surface area contributed by atoms with Gasteiger partial charge in [-0.05, 0) is 0 Å². The molecule has 0 amide bonds. The van der Waals surface area contributed by atoms with Gasteiger partial charge in [0.15, 0.2) is 0 Å². The zero-order valence-corrected chi connectivity index (χ0v) is 19.8. The minimum absolute atomic E-state index is 0.00497. The van der Waals surface area contributed by atoms with Gasteiger partial charge in [0.2, 0.25) is 0 Å². The molecule has 2 atom stereocenters. The zero-order chi connectivity index (χ0) is 23.0. The Balaban J connectivity index is 0.00000119. The predicted molar refractivity (Wildman–Crippen MR) is 131 cm³/mol. The number of pyridine rings is 1. The largest absolute Gasteiger partial charge is 0.281 e. The van der Waals surface area contributed by atoms with Gasteiger partial charge in [-0.25, -0.2) is 0 Å². The van der Waals surface area contributed by atoms with Gasteiger partial charge in [-0.3, -0.25) is 5.14 Å². The summed E-state index contributed by atoms with van der Waals surface area (Å²) in [5.41, 5.74) is 4.25. The van der Waals surface area contributed by atoms with E-state index in [1.54, 1.807) is 0 Å². The maximum atomic E-state index is 13.1. The van der Waals surface area contributed by atoms with Crippen molar-refractivity contribution in [3.8, 4) is 10.6 Å². The van der Waals surface area contributed by atoms with Crippen molar-refractivity contribution in [1.82, 2.24) is 19.9 Å². The van der Waals surface area contributed by atoms with Crippen LogP contribution < -0.4 is 15.4 Å². The predicted octanol–water partition coefficient (Wildman–Crippen LogP) is 3.93. The Labute approximate surface area is 196 Å². The van der Waals surface area contributed by atoms with E-state index in [1.165, 1.54) is 11.3 Å². The first-order valence-corrected chi connectivity index (χ1v) is 11.9. The Morgan fingerprint density at radius 1 is 1.31 bits per heavy atom. The minimum Gasteiger partial charge on any atom is -0.281 e. The van der Waals surface area contributed by atoms with Crippen molar-refractivity contribution in [2.75, 3.05) is 18.0 Å². The summed E-state index contributed by atoms with van der Waals surface area (Å²) in [6.45, 7) is 12.3. The molecule has 32 heavy (non-hydrogen) atoms. The van der Waals surface area contributed by atoms with E-state index in [0.717, 1.165) is 48.4 Å². The molecule has 0 radical (unpaired) electrons. The number of thiol groups is 1. The first-order valence-electron chi connectivity index (χ1n) is 10.6. The molecule has 1 unspecified atom stereocenters.